The molecule has 142 valence electrons. The van der Waals surface area contributed by atoms with Crippen molar-refractivity contribution in [3.05, 3.63) is 70.8 Å². The number of aromatic carboxylic acids is 1. The minimum atomic E-state index is -1.23. The summed E-state index contributed by atoms with van der Waals surface area (Å²) in [4.78, 5) is 27.3. The van der Waals surface area contributed by atoms with E-state index in [0.29, 0.717) is 5.56 Å². The number of carboxylic acid groups (broad SMARTS) is 1. The molecule has 0 aliphatic heterocycles. The first kappa shape index (κ1) is 19.6. The summed E-state index contributed by atoms with van der Waals surface area (Å²) in [5, 5.41) is 16.5. The largest absolute Gasteiger partial charge is 0.545 e. The van der Waals surface area contributed by atoms with E-state index in [4.69, 9.17) is 0 Å². The summed E-state index contributed by atoms with van der Waals surface area (Å²) in [7, 11) is 0. The molecule has 3 aromatic rings. The van der Waals surface area contributed by atoms with E-state index in [1.807, 2.05) is 32.0 Å². The molecule has 0 saturated heterocycles. The van der Waals surface area contributed by atoms with Gasteiger partial charge in [0, 0.05) is 5.39 Å². The molecule has 0 spiro atoms. The second-order valence-electron chi connectivity index (χ2n) is 6.29. The zero-order valence-corrected chi connectivity index (χ0v) is 16.2. The fraction of sp³-hybridized carbons (Fsp3) is 0.143. The van der Waals surface area contributed by atoms with E-state index in [-0.39, 0.29) is 17.2 Å². The lowest BCUT2D eigenvalue weighted by Crippen LogP contribution is -2.22. The molecule has 0 radical (unpaired) electrons. The number of hydrogen-bond donors (Lipinski definition) is 1. The van der Waals surface area contributed by atoms with Crippen molar-refractivity contribution < 1.29 is 14.7 Å². The molecule has 1 amide bonds. The highest BCUT2D eigenvalue weighted by Gasteiger charge is 2.06. The molecule has 0 aliphatic rings. The van der Waals surface area contributed by atoms with Crippen molar-refractivity contribution in [3.8, 4) is 0 Å². The zero-order chi connectivity index (χ0) is 20.1. The summed E-state index contributed by atoms with van der Waals surface area (Å²) in [6.07, 6.45) is 1.45. The lowest BCUT2D eigenvalue weighted by atomic mass is 10.1. The van der Waals surface area contributed by atoms with E-state index in [1.165, 1.54) is 35.7 Å². The Hall–Kier alpha value is -3.19. The molecule has 0 aliphatic carbocycles. The molecule has 0 unspecified atom stereocenters. The number of carbonyl (C=O) groups is 2. The Morgan fingerprint density at radius 1 is 1.14 bits per heavy atom. The lowest BCUT2D eigenvalue weighted by Gasteiger charge is -2.07. The number of hydrazone groups is 1. The second-order valence-corrected chi connectivity index (χ2v) is 7.28. The second kappa shape index (κ2) is 8.67. The standard InChI is InChI=1S/C21H19N3O3S/c1-13-3-8-18-17(9-13)14(2)10-20(23-18)28-12-19(25)24-22-11-15-4-6-16(7-5-15)21(26)27/h3-11H,12H2,1-2H3,(H,24,25)(H,26,27)/p-1/b22-11-. The fourth-order valence-corrected chi connectivity index (χ4v) is 3.37. The third kappa shape index (κ3) is 4.95. The number of hydrogen-bond acceptors (Lipinski definition) is 6. The monoisotopic (exact) mass is 392 g/mol. The number of aromatic nitrogens is 1. The van der Waals surface area contributed by atoms with Crippen LogP contribution in [0.5, 0.6) is 0 Å². The fourth-order valence-electron chi connectivity index (χ4n) is 2.61. The molecule has 28 heavy (non-hydrogen) atoms. The van der Waals surface area contributed by atoms with Crippen LogP contribution in [0.4, 0.5) is 0 Å². The molecular weight excluding hydrogens is 374 g/mol. The highest BCUT2D eigenvalue weighted by molar-refractivity contribution is 7.99. The number of amides is 1. The van der Waals surface area contributed by atoms with Gasteiger partial charge < -0.3 is 9.90 Å². The van der Waals surface area contributed by atoms with Crippen molar-refractivity contribution in [2.75, 3.05) is 5.75 Å². The summed E-state index contributed by atoms with van der Waals surface area (Å²) in [5.74, 6) is -1.30. The van der Waals surface area contributed by atoms with Gasteiger partial charge in [-0.1, -0.05) is 47.7 Å². The van der Waals surface area contributed by atoms with Gasteiger partial charge in [0.25, 0.3) is 0 Å². The predicted octanol–water partition coefficient (Wildman–Crippen LogP) is 2.46. The summed E-state index contributed by atoms with van der Waals surface area (Å²) in [6.45, 7) is 4.08. The third-order valence-corrected chi connectivity index (χ3v) is 4.96. The van der Waals surface area contributed by atoms with Gasteiger partial charge in [0.2, 0.25) is 5.91 Å². The van der Waals surface area contributed by atoms with E-state index in [1.54, 1.807) is 12.1 Å². The highest BCUT2D eigenvalue weighted by atomic mass is 32.2. The molecule has 1 N–H and O–H groups in total. The van der Waals surface area contributed by atoms with Crippen LogP contribution in [0, 0.1) is 13.8 Å². The van der Waals surface area contributed by atoms with Crippen LogP contribution in [-0.2, 0) is 4.79 Å². The predicted molar refractivity (Wildman–Crippen MR) is 108 cm³/mol. The Balaban J connectivity index is 1.56. The molecule has 6 nitrogen and oxygen atoms in total. The van der Waals surface area contributed by atoms with Crippen molar-refractivity contribution in [3.63, 3.8) is 0 Å². The maximum Gasteiger partial charge on any atom is 0.250 e. The van der Waals surface area contributed by atoms with Crippen molar-refractivity contribution in [2.45, 2.75) is 18.9 Å². The minimum Gasteiger partial charge on any atom is -0.545 e. The molecule has 0 saturated carbocycles. The van der Waals surface area contributed by atoms with E-state index in [2.05, 4.69) is 21.6 Å². The van der Waals surface area contributed by atoms with Crippen LogP contribution in [0.25, 0.3) is 10.9 Å². The Labute approximate surface area is 166 Å². The van der Waals surface area contributed by atoms with Crippen molar-refractivity contribution >= 4 is 40.8 Å². The van der Waals surface area contributed by atoms with E-state index in [9.17, 15) is 14.7 Å². The van der Waals surface area contributed by atoms with Crippen molar-refractivity contribution in [2.24, 2.45) is 5.10 Å². The van der Waals surface area contributed by atoms with Crippen LogP contribution in [0.1, 0.15) is 27.0 Å². The molecule has 0 bridgehead atoms. The first-order chi connectivity index (χ1) is 13.4. The van der Waals surface area contributed by atoms with Crippen LogP contribution in [-0.4, -0.2) is 28.8 Å². The van der Waals surface area contributed by atoms with Gasteiger partial charge in [-0.15, -0.1) is 0 Å². The number of pyridine rings is 1. The van der Waals surface area contributed by atoms with E-state index in [0.717, 1.165) is 21.5 Å². The van der Waals surface area contributed by atoms with Gasteiger partial charge in [-0.25, -0.2) is 10.4 Å². The van der Waals surface area contributed by atoms with Gasteiger partial charge in [0.15, 0.2) is 0 Å². The number of benzene rings is 2. The average molecular weight is 392 g/mol. The molecule has 7 heteroatoms. The molecule has 1 aromatic heterocycles. The van der Waals surface area contributed by atoms with Gasteiger partial charge in [-0.05, 0) is 48.7 Å². The van der Waals surface area contributed by atoms with Gasteiger partial charge >= 0.3 is 0 Å². The topological polar surface area (TPSA) is 94.5 Å². The minimum absolute atomic E-state index is 0.0888. The van der Waals surface area contributed by atoms with Gasteiger partial charge in [-0.2, -0.15) is 5.10 Å². The zero-order valence-electron chi connectivity index (χ0n) is 15.4. The molecule has 0 fully saturated rings. The summed E-state index contributed by atoms with van der Waals surface area (Å²) in [6, 6.07) is 14.1. The summed E-state index contributed by atoms with van der Waals surface area (Å²) in [5.41, 5.74) is 6.42. The first-order valence-electron chi connectivity index (χ1n) is 8.56. The first-order valence-corrected chi connectivity index (χ1v) is 9.55. The maximum absolute atomic E-state index is 12.0. The molecule has 0 atom stereocenters. The van der Waals surface area contributed by atoms with Gasteiger partial charge in [0.1, 0.15) is 0 Å². The van der Waals surface area contributed by atoms with Crippen LogP contribution in [0.2, 0.25) is 0 Å². The van der Waals surface area contributed by atoms with Gasteiger partial charge in [0.05, 0.1) is 28.5 Å². The number of nitrogens with zero attached hydrogens (tertiary/aromatic N) is 2. The Morgan fingerprint density at radius 3 is 2.61 bits per heavy atom. The average Bonchev–Trinajstić information content (AvgIpc) is 2.67. The normalized spacial score (nSPS) is 11.1. The van der Waals surface area contributed by atoms with Crippen molar-refractivity contribution in [1.29, 1.82) is 0 Å². The summed E-state index contributed by atoms with van der Waals surface area (Å²) < 4.78 is 0. The molecule has 1 heterocycles. The third-order valence-electron chi connectivity index (χ3n) is 4.05. The maximum atomic E-state index is 12.0. The molecular formula is C21H18N3O3S-. The highest BCUT2D eigenvalue weighted by Crippen LogP contribution is 2.24. The van der Waals surface area contributed by atoms with Gasteiger partial charge in [-0.3, -0.25) is 4.79 Å². The number of rotatable bonds is 6. The number of carboxylic acids is 1. The van der Waals surface area contributed by atoms with E-state index >= 15 is 0 Å². The Morgan fingerprint density at radius 2 is 1.89 bits per heavy atom. The van der Waals surface area contributed by atoms with Crippen LogP contribution >= 0.6 is 11.8 Å². The lowest BCUT2D eigenvalue weighted by molar-refractivity contribution is -0.255. The number of nitrogens with one attached hydrogen (secondary N) is 1. The number of thioether (sulfide) groups is 1. The number of carbonyl (C=O) groups excluding carboxylic acids is 2. The SMILES string of the molecule is Cc1ccc2nc(SCC(=O)N/N=C\c3ccc(C(=O)[O-])cc3)cc(C)c2c1. The Kier molecular flexibility index (Phi) is 6.06. The van der Waals surface area contributed by atoms with Crippen LogP contribution in [0.15, 0.2) is 58.7 Å². The molecule has 2 aromatic carbocycles. The number of aryl methyl sites for hydroxylation is 2. The summed E-state index contributed by atoms with van der Waals surface area (Å²) >= 11 is 1.34. The van der Waals surface area contributed by atoms with Crippen LogP contribution in [0.3, 0.4) is 0 Å². The molecule has 3 rings (SSSR count). The number of fused-ring (bicyclic) bond motifs is 1. The van der Waals surface area contributed by atoms with Crippen LogP contribution < -0.4 is 10.5 Å². The van der Waals surface area contributed by atoms with Crippen molar-refractivity contribution in [1.82, 2.24) is 10.4 Å². The quantitative estimate of drug-likeness (QED) is 0.395. The van der Waals surface area contributed by atoms with E-state index < -0.39 is 5.97 Å². The Bertz CT molecular complexity index is 1060. The smallest absolute Gasteiger partial charge is 0.250 e.